The largest absolute Gasteiger partial charge is 0.396 e. The molecule has 2 aliphatic carbocycles. The lowest BCUT2D eigenvalue weighted by molar-refractivity contribution is 0.126. The fraction of sp³-hybridized carbons (Fsp3) is 0.560. The Hall–Kier alpha value is -2.92. The minimum Gasteiger partial charge on any atom is -0.396 e. The van der Waals surface area contributed by atoms with Crippen molar-refractivity contribution in [2.45, 2.75) is 77.0 Å². The smallest absolute Gasteiger partial charge is 0.224 e. The van der Waals surface area contributed by atoms with Gasteiger partial charge in [-0.3, -0.25) is 4.57 Å². The van der Waals surface area contributed by atoms with Gasteiger partial charge in [0.2, 0.25) is 11.9 Å². The molecular weight excluding hydrogens is 473 g/mol. The molecule has 2 aliphatic rings. The maximum absolute atomic E-state index is 14.4. The van der Waals surface area contributed by atoms with E-state index in [0.29, 0.717) is 29.2 Å². The van der Waals surface area contributed by atoms with Crippen LogP contribution in [-0.2, 0) is 0 Å². The number of halogens is 3. The quantitative estimate of drug-likeness (QED) is 0.370. The summed E-state index contributed by atoms with van der Waals surface area (Å²) >= 11 is 0. The number of hydrogen-bond acceptors (Lipinski definition) is 7. The van der Waals surface area contributed by atoms with E-state index in [1.807, 2.05) is 4.57 Å². The van der Waals surface area contributed by atoms with Crippen LogP contribution in [0.1, 0.15) is 64.8 Å². The van der Waals surface area contributed by atoms with Crippen molar-refractivity contribution in [1.29, 1.82) is 0 Å². The Morgan fingerprint density at radius 1 is 0.944 bits per heavy atom. The molecule has 4 N–H and O–H groups in total. The Morgan fingerprint density at radius 2 is 1.61 bits per heavy atom. The Kier molecular flexibility index (Phi) is 7.99. The number of imidazole rings is 1. The predicted octanol–water partition coefficient (Wildman–Crippen LogP) is 5.06. The van der Waals surface area contributed by atoms with E-state index in [1.165, 1.54) is 0 Å². The van der Waals surface area contributed by atoms with Crippen molar-refractivity contribution in [1.82, 2.24) is 19.5 Å². The Labute approximate surface area is 208 Å². The van der Waals surface area contributed by atoms with Gasteiger partial charge in [-0.25, -0.2) is 23.1 Å². The molecule has 3 aromatic rings. The van der Waals surface area contributed by atoms with Crippen LogP contribution < -0.4 is 10.6 Å². The van der Waals surface area contributed by atoms with Crippen LogP contribution in [-0.4, -0.2) is 48.5 Å². The Balaban J connectivity index is 0.00000304. The van der Waals surface area contributed by atoms with E-state index in [4.69, 9.17) is 4.98 Å². The number of nitrogens with zero attached hydrogens (tertiary/aromatic N) is 4. The average molecular weight is 507 g/mol. The van der Waals surface area contributed by atoms with Gasteiger partial charge in [0, 0.05) is 30.8 Å². The zero-order chi connectivity index (χ0) is 24.5. The van der Waals surface area contributed by atoms with Gasteiger partial charge in [0.15, 0.2) is 17.3 Å². The van der Waals surface area contributed by atoms with Crippen molar-refractivity contribution in [2.24, 2.45) is 5.92 Å². The highest BCUT2D eigenvalue weighted by Gasteiger charge is 2.28. The van der Waals surface area contributed by atoms with Crippen molar-refractivity contribution in [3.63, 3.8) is 0 Å². The minimum absolute atomic E-state index is 0. The summed E-state index contributed by atoms with van der Waals surface area (Å²) in [6, 6.07) is 1.33. The third kappa shape index (κ3) is 5.41. The molecule has 2 saturated carbocycles. The van der Waals surface area contributed by atoms with Gasteiger partial charge in [0.1, 0.15) is 17.0 Å². The van der Waals surface area contributed by atoms with Crippen LogP contribution in [0.5, 0.6) is 0 Å². The molecule has 0 aliphatic heterocycles. The van der Waals surface area contributed by atoms with Crippen LogP contribution in [0.15, 0.2) is 18.3 Å². The first-order valence-electron chi connectivity index (χ1n) is 12.1. The van der Waals surface area contributed by atoms with Gasteiger partial charge in [0.25, 0.3) is 0 Å². The predicted molar refractivity (Wildman–Crippen MR) is 132 cm³/mol. The Bertz CT molecular complexity index is 1170. The van der Waals surface area contributed by atoms with Crippen molar-refractivity contribution in [2.75, 3.05) is 17.2 Å². The maximum atomic E-state index is 14.4. The standard InChI is InChI=1S/C24H29F3N6O2.CH4/c25-14-9-18(26)21(19(27)10-14)31-24-30-20-11-28-23(29-15-3-7-17(35)8-4-15)32-22(20)33(24)16-5-1-13(12-34)2-6-16;/h9-11,13,15-17,34-35H,1-8,12H2,(H,30,31)(H,28,29,32);1H4. The maximum Gasteiger partial charge on any atom is 0.224 e. The summed E-state index contributed by atoms with van der Waals surface area (Å²) in [5.41, 5.74) is 0.500. The van der Waals surface area contributed by atoms with Gasteiger partial charge in [-0.05, 0) is 57.3 Å². The molecular formula is C25H33F3N6O2. The van der Waals surface area contributed by atoms with Crippen molar-refractivity contribution < 1.29 is 23.4 Å². The molecule has 1 aromatic carbocycles. The number of fused-ring (bicyclic) bond motifs is 1. The fourth-order valence-corrected chi connectivity index (χ4v) is 5.16. The highest BCUT2D eigenvalue weighted by Crippen LogP contribution is 2.37. The molecule has 0 spiro atoms. The van der Waals surface area contributed by atoms with E-state index in [2.05, 4.69) is 20.6 Å². The Morgan fingerprint density at radius 3 is 2.25 bits per heavy atom. The summed E-state index contributed by atoms with van der Waals surface area (Å²) < 4.78 is 44.1. The number of aliphatic hydroxyl groups is 2. The molecule has 196 valence electrons. The lowest BCUT2D eigenvalue weighted by atomic mass is 9.86. The second-order valence-corrected chi connectivity index (χ2v) is 9.58. The summed E-state index contributed by atoms with van der Waals surface area (Å²) in [6.07, 6.45) is 7.45. The van der Waals surface area contributed by atoms with E-state index in [0.717, 1.165) is 51.4 Å². The van der Waals surface area contributed by atoms with Crippen LogP contribution >= 0.6 is 0 Å². The van der Waals surface area contributed by atoms with Crippen molar-refractivity contribution >= 4 is 28.7 Å². The molecule has 0 unspecified atom stereocenters. The van der Waals surface area contributed by atoms with Gasteiger partial charge < -0.3 is 20.8 Å². The number of aromatic nitrogens is 4. The number of rotatable bonds is 6. The lowest BCUT2D eigenvalue weighted by Gasteiger charge is -2.29. The summed E-state index contributed by atoms with van der Waals surface area (Å²) in [5, 5.41) is 25.4. The van der Waals surface area contributed by atoms with E-state index in [9.17, 15) is 23.4 Å². The molecule has 0 atom stereocenters. The number of nitrogens with one attached hydrogen (secondary N) is 2. The monoisotopic (exact) mass is 506 g/mol. The van der Waals surface area contributed by atoms with Crippen LogP contribution in [0.2, 0.25) is 0 Å². The zero-order valence-electron chi connectivity index (χ0n) is 19.2. The molecule has 5 rings (SSSR count). The van der Waals surface area contributed by atoms with Crippen molar-refractivity contribution in [3.05, 3.63) is 35.8 Å². The highest BCUT2D eigenvalue weighted by atomic mass is 19.1. The highest BCUT2D eigenvalue weighted by molar-refractivity contribution is 5.76. The minimum atomic E-state index is -1.06. The van der Waals surface area contributed by atoms with Gasteiger partial charge in [-0.2, -0.15) is 4.98 Å². The molecule has 36 heavy (non-hydrogen) atoms. The third-order valence-corrected chi connectivity index (χ3v) is 7.15. The van der Waals surface area contributed by atoms with E-state index in [-0.39, 0.29) is 44.1 Å². The summed E-state index contributed by atoms with van der Waals surface area (Å²) in [5.74, 6) is -2.27. The summed E-state index contributed by atoms with van der Waals surface area (Å²) in [4.78, 5) is 13.6. The summed E-state index contributed by atoms with van der Waals surface area (Å²) in [6.45, 7) is 0.126. The molecule has 0 saturated heterocycles. The van der Waals surface area contributed by atoms with Gasteiger partial charge in [0.05, 0.1) is 12.3 Å². The first-order chi connectivity index (χ1) is 16.9. The van der Waals surface area contributed by atoms with Crippen LogP contribution in [0.25, 0.3) is 11.2 Å². The lowest BCUT2D eigenvalue weighted by Crippen LogP contribution is -2.29. The zero-order valence-corrected chi connectivity index (χ0v) is 19.2. The fourth-order valence-electron chi connectivity index (χ4n) is 5.16. The molecule has 0 radical (unpaired) electrons. The first kappa shape index (κ1) is 26.2. The first-order valence-corrected chi connectivity index (χ1v) is 12.1. The third-order valence-electron chi connectivity index (χ3n) is 7.15. The number of benzene rings is 1. The molecule has 0 bridgehead atoms. The molecule has 2 aromatic heterocycles. The number of hydrogen-bond donors (Lipinski definition) is 4. The number of aliphatic hydroxyl groups excluding tert-OH is 2. The van der Waals surface area contributed by atoms with Gasteiger partial charge in [-0.15, -0.1) is 0 Å². The number of anilines is 3. The molecule has 0 amide bonds. The van der Waals surface area contributed by atoms with Gasteiger partial charge in [-0.1, -0.05) is 7.43 Å². The van der Waals surface area contributed by atoms with Crippen LogP contribution in [0.3, 0.4) is 0 Å². The normalized spacial score (nSPS) is 24.4. The average Bonchev–Trinajstić information content (AvgIpc) is 3.20. The molecule has 2 heterocycles. The van der Waals surface area contributed by atoms with E-state index < -0.39 is 23.1 Å². The van der Waals surface area contributed by atoms with Gasteiger partial charge >= 0.3 is 0 Å². The molecule has 8 nitrogen and oxygen atoms in total. The second kappa shape index (κ2) is 11.0. The van der Waals surface area contributed by atoms with Crippen LogP contribution in [0.4, 0.5) is 30.8 Å². The van der Waals surface area contributed by atoms with E-state index >= 15 is 0 Å². The van der Waals surface area contributed by atoms with E-state index in [1.54, 1.807) is 6.20 Å². The second-order valence-electron chi connectivity index (χ2n) is 9.58. The molecule has 2 fully saturated rings. The van der Waals surface area contributed by atoms with Crippen LogP contribution in [0, 0.1) is 23.4 Å². The molecule has 11 heteroatoms. The summed E-state index contributed by atoms with van der Waals surface area (Å²) in [7, 11) is 0. The van der Waals surface area contributed by atoms with Crippen molar-refractivity contribution in [3.8, 4) is 0 Å². The SMILES string of the molecule is C.OCC1CCC(n2c(Nc3c(F)cc(F)cc3F)nc3cnc(NC4CCC(O)CC4)nc32)CC1. The topological polar surface area (TPSA) is 108 Å².